The van der Waals surface area contributed by atoms with E-state index in [4.69, 9.17) is 0 Å². The van der Waals surface area contributed by atoms with Gasteiger partial charge in [0.2, 0.25) is 0 Å². The molecule has 6 heteroatoms. The summed E-state index contributed by atoms with van der Waals surface area (Å²) in [6.45, 7) is 7.95. The number of amides is 2. The molecule has 0 atom stereocenters. The fraction of sp³-hybridized carbons (Fsp3) is 0.462. The number of nitrogens with zero attached hydrogens (tertiary/aromatic N) is 2. The first-order valence-electron chi connectivity index (χ1n) is 11.1. The summed E-state index contributed by atoms with van der Waals surface area (Å²) in [6.07, 6.45) is 1.26. The van der Waals surface area contributed by atoms with Crippen molar-refractivity contribution in [3.05, 3.63) is 65.2 Å². The van der Waals surface area contributed by atoms with Crippen LogP contribution in [0.25, 0.3) is 0 Å². The highest BCUT2D eigenvalue weighted by atomic mass is 16.3. The van der Waals surface area contributed by atoms with Crippen molar-refractivity contribution in [3.63, 3.8) is 0 Å². The summed E-state index contributed by atoms with van der Waals surface area (Å²) < 4.78 is 0. The predicted molar refractivity (Wildman–Crippen MR) is 126 cm³/mol. The zero-order chi connectivity index (χ0) is 23.7. The van der Waals surface area contributed by atoms with Gasteiger partial charge in [-0.05, 0) is 63.8 Å². The minimum absolute atomic E-state index is 0.0926. The molecule has 1 saturated heterocycles. The lowest BCUT2D eigenvalue weighted by Crippen LogP contribution is -2.46. The van der Waals surface area contributed by atoms with Gasteiger partial charge in [0.25, 0.3) is 0 Å². The first-order valence-corrected chi connectivity index (χ1v) is 11.1. The number of aliphatic hydroxyl groups is 2. The molecule has 1 fully saturated rings. The van der Waals surface area contributed by atoms with Gasteiger partial charge in [0.1, 0.15) is 0 Å². The third kappa shape index (κ3) is 5.37. The van der Waals surface area contributed by atoms with Gasteiger partial charge in [-0.2, -0.15) is 0 Å². The van der Waals surface area contributed by atoms with Crippen molar-refractivity contribution in [1.29, 1.82) is 0 Å². The zero-order valence-electron chi connectivity index (χ0n) is 19.6. The highest BCUT2D eigenvalue weighted by molar-refractivity contribution is 5.98. The minimum atomic E-state index is -0.937. The summed E-state index contributed by atoms with van der Waals surface area (Å²) in [5.41, 5.74) is 1.10. The average molecular weight is 439 g/mol. The molecule has 0 unspecified atom stereocenters. The number of ketones is 1. The predicted octanol–water partition coefficient (Wildman–Crippen LogP) is 4.29. The number of Topliss-reactive ketones (excluding diaryl/α,β-unsaturated/α-hetero) is 1. The summed E-state index contributed by atoms with van der Waals surface area (Å²) >= 11 is 0. The molecule has 1 aliphatic rings. The number of urea groups is 1. The Balaban J connectivity index is 1.58. The van der Waals surface area contributed by atoms with Crippen LogP contribution in [0.15, 0.2) is 48.5 Å². The van der Waals surface area contributed by atoms with Gasteiger partial charge in [-0.25, -0.2) is 4.79 Å². The lowest BCUT2D eigenvalue weighted by Gasteiger charge is -2.34. The fourth-order valence-corrected chi connectivity index (χ4v) is 4.03. The topological polar surface area (TPSA) is 81.1 Å². The van der Waals surface area contributed by atoms with E-state index in [2.05, 4.69) is 0 Å². The first-order chi connectivity index (χ1) is 14.9. The normalized spacial score (nSPS) is 15.5. The summed E-state index contributed by atoms with van der Waals surface area (Å²) in [4.78, 5) is 29.2. The highest BCUT2D eigenvalue weighted by Gasteiger charge is 2.30. The molecule has 0 spiro atoms. The van der Waals surface area contributed by atoms with Crippen molar-refractivity contribution in [3.8, 4) is 0 Å². The van der Waals surface area contributed by atoms with Gasteiger partial charge in [0.05, 0.1) is 11.2 Å². The molecule has 2 N–H and O–H groups in total. The lowest BCUT2D eigenvalue weighted by atomic mass is 9.88. The summed E-state index contributed by atoms with van der Waals surface area (Å²) in [5, 5.41) is 20.2. The van der Waals surface area contributed by atoms with Crippen LogP contribution in [0.2, 0.25) is 0 Å². The SMILES string of the molecule is CN(C(=O)N1CCC(C(=O)c2ccc(C(C)(C)O)cc2)CC1)c1ccc(C(C)(C)O)cc1. The first kappa shape index (κ1) is 24.0. The quantitative estimate of drug-likeness (QED) is 0.683. The molecule has 0 aliphatic carbocycles. The molecule has 32 heavy (non-hydrogen) atoms. The molecule has 0 aromatic heterocycles. The van der Waals surface area contributed by atoms with Crippen LogP contribution in [-0.2, 0) is 11.2 Å². The fourth-order valence-electron chi connectivity index (χ4n) is 4.03. The number of hydrogen-bond donors (Lipinski definition) is 2. The molecular formula is C26H34N2O4. The Morgan fingerprint density at radius 1 is 0.844 bits per heavy atom. The van der Waals surface area contributed by atoms with E-state index in [1.807, 2.05) is 24.3 Å². The number of piperidine rings is 1. The van der Waals surface area contributed by atoms with Crippen LogP contribution < -0.4 is 4.90 Å². The van der Waals surface area contributed by atoms with E-state index in [9.17, 15) is 19.8 Å². The van der Waals surface area contributed by atoms with Crippen LogP contribution in [0.3, 0.4) is 0 Å². The third-order valence-corrected chi connectivity index (χ3v) is 6.26. The largest absolute Gasteiger partial charge is 0.386 e. The lowest BCUT2D eigenvalue weighted by molar-refractivity contribution is 0.0779. The number of carbonyl (C=O) groups is 2. The summed E-state index contributed by atoms with van der Waals surface area (Å²) in [5.74, 6) is -0.0154. The smallest absolute Gasteiger partial charge is 0.324 e. The van der Waals surface area contributed by atoms with E-state index < -0.39 is 11.2 Å². The van der Waals surface area contributed by atoms with Gasteiger partial charge >= 0.3 is 6.03 Å². The molecule has 0 saturated carbocycles. The van der Waals surface area contributed by atoms with Crippen molar-refractivity contribution in [2.24, 2.45) is 5.92 Å². The average Bonchev–Trinajstić information content (AvgIpc) is 2.76. The molecule has 1 heterocycles. The second kappa shape index (κ2) is 9.04. The van der Waals surface area contributed by atoms with E-state index in [0.29, 0.717) is 31.5 Å². The van der Waals surface area contributed by atoms with Crippen LogP contribution in [0.1, 0.15) is 62.0 Å². The molecule has 6 nitrogen and oxygen atoms in total. The van der Waals surface area contributed by atoms with Crippen molar-refractivity contribution in [2.45, 2.75) is 51.7 Å². The van der Waals surface area contributed by atoms with Crippen molar-refractivity contribution >= 4 is 17.5 Å². The Morgan fingerprint density at radius 2 is 1.28 bits per heavy atom. The molecule has 2 aromatic carbocycles. The maximum Gasteiger partial charge on any atom is 0.324 e. The highest BCUT2D eigenvalue weighted by Crippen LogP contribution is 2.27. The monoisotopic (exact) mass is 438 g/mol. The van der Waals surface area contributed by atoms with Crippen molar-refractivity contribution in [1.82, 2.24) is 4.90 Å². The second-order valence-corrected chi connectivity index (χ2v) is 9.71. The Kier molecular flexibility index (Phi) is 6.77. The van der Waals surface area contributed by atoms with Gasteiger partial charge < -0.3 is 15.1 Å². The summed E-state index contributed by atoms with van der Waals surface area (Å²) in [7, 11) is 1.74. The number of benzene rings is 2. The van der Waals surface area contributed by atoms with Crippen LogP contribution in [0, 0.1) is 5.92 Å². The van der Waals surface area contributed by atoms with E-state index in [0.717, 1.165) is 16.8 Å². The Bertz CT molecular complexity index is 945. The Labute approximate surface area is 190 Å². The third-order valence-electron chi connectivity index (χ3n) is 6.26. The number of carbonyl (C=O) groups excluding carboxylic acids is 2. The molecule has 0 radical (unpaired) electrons. The van der Waals surface area contributed by atoms with Crippen LogP contribution in [-0.4, -0.2) is 47.1 Å². The molecule has 172 valence electrons. The Hall–Kier alpha value is -2.70. The summed E-state index contributed by atoms with van der Waals surface area (Å²) in [6, 6.07) is 14.4. The maximum atomic E-state index is 13.0. The Morgan fingerprint density at radius 3 is 1.72 bits per heavy atom. The molecule has 2 amide bonds. The van der Waals surface area contributed by atoms with Gasteiger partial charge in [-0.1, -0.05) is 36.4 Å². The number of rotatable bonds is 5. The van der Waals surface area contributed by atoms with Gasteiger partial charge in [-0.3, -0.25) is 9.69 Å². The number of likely N-dealkylation sites (tertiary alicyclic amines) is 1. The molecule has 0 bridgehead atoms. The van der Waals surface area contributed by atoms with Crippen molar-refractivity contribution in [2.75, 3.05) is 25.0 Å². The van der Waals surface area contributed by atoms with Crippen molar-refractivity contribution < 1.29 is 19.8 Å². The number of hydrogen-bond acceptors (Lipinski definition) is 4. The van der Waals surface area contributed by atoms with Gasteiger partial charge in [0, 0.05) is 37.3 Å². The van der Waals surface area contributed by atoms with Gasteiger partial charge in [-0.15, -0.1) is 0 Å². The van der Waals surface area contributed by atoms with E-state index in [1.54, 1.807) is 68.8 Å². The van der Waals surface area contributed by atoms with E-state index >= 15 is 0 Å². The van der Waals surface area contributed by atoms with E-state index in [1.165, 1.54) is 0 Å². The zero-order valence-corrected chi connectivity index (χ0v) is 19.6. The van der Waals surface area contributed by atoms with Gasteiger partial charge in [0.15, 0.2) is 5.78 Å². The standard InChI is InChI=1S/C26H34N2O4/c1-25(2,31)20-8-6-18(7-9-20)23(29)19-14-16-28(17-15-19)24(30)27(5)22-12-10-21(11-13-22)26(3,4)32/h6-13,19,31-32H,14-17H2,1-5H3. The molecule has 2 aromatic rings. The maximum absolute atomic E-state index is 13.0. The van der Waals surface area contributed by atoms with Crippen LogP contribution in [0.5, 0.6) is 0 Å². The molecular weight excluding hydrogens is 404 g/mol. The van der Waals surface area contributed by atoms with E-state index in [-0.39, 0.29) is 17.7 Å². The van der Waals surface area contributed by atoms with Crippen LogP contribution >= 0.6 is 0 Å². The number of anilines is 1. The molecule has 1 aliphatic heterocycles. The van der Waals surface area contributed by atoms with Crippen LogP contribution in [0.4, 0.5) is 10.5 Å². The second-order valence-electron chi connectivity index (χ2n) is 9.71. The minimum Gasteiger partial charge on any atom is -0.386 e. The molecule has 3 rings (SSSR count).